The second-order valence-electron chi connectivity index (χ2n) is 7.04. The van der Waals surface area contributed by atoms with Gasteiger partial charge < -0.3 is 15.0 Å². The van der Waals surface area contributed by atoms with Gasteiger partial charge in [0.05, 0.1) is 22.9 Å². The Morgan fingerprint density at radius 1 is 1.34 bits per heavy atom. The van der Waals surface area contributed by atoms with Gasteiger partial charge >= 0.3 is 6.61 Å². The number of hydrogen-bond acceptors (Lipinski definition) is 4. The van der Waals surface area contributed by atoms with Crippen molar-refractivity contribution in [2.75, 3.05) is 0 Å². The second kappa shape index (κ2) is 6.52. The first-order valence-electron chi connectivity index (χ1n) is 9.06. The van der Waals surface area contributed by atoms with Crippen molar-refractivity contribution in [2.24, 2.45) is 15.7 Å². The van der Waals surface area contributed by atoms with Crippen LogP contribution in [-0.4, -0.2) is 27.8 Å². The minimum atomic E-state index is -2.95. The van der Waals surface area contributed by atoms with E-state index in [0.717, 1.165) is 16.9 Å². The van der Waals surface area contributed by atoms with Crippen LogP contribution in [0, 0.1) is 0 Å². The number of halogens is 3. The summed E-state index contributed by atoms with van der Waals surface area (Å²) in [6.45, 7) is -1.29. The van der Waals surface area contributed by atoms with Crippen LogP contribution in [0.15, 0.2) is 46.4 Å². The summed E-state index contributed by atoms with van der Waals surface area (Å²) in [5.74, 6) is 1.56. The maximum Gasteiger partial charge on any atom is 0.387 e. The molecule has 6 nitrogen and oxygen atoms in total. The summed E-state index contributed by atoms with van der Waals surface area (Å²) in [7, 11) is 0. The molecule has 9 heteroatoms. The zero-order valence-electron chi connectivity index (χ0n) is 15.3. The number of amidine groups is 2. The lowest BCUT2D eigenvalue weighted by molar-refractivity contribution is -0.0506. The summed E-state index contributed by atoms with van der Waals surface area (Å²) in [6, 6.07) is 9.84. The van der Waals surface area contributed by atoms with Crippen LogP contribution in [-0.2, 0) is 0 Å². The van der Waals surface area contributed by atoms with Gasteiger partial charge in [-0.25, -0.2) is 9.98 Å². The number of hydrogen-bond donors (Lipinski definition) is 1. The average Bonchev–Trinajstić information content (AvgIpc) is 3.12. The summed E-state index contributed by atoms with van der Waals surface area (Å²) in [4.78, 5) is 13.9. The van der Waals surface area contributed by atoms with Crippen LogP contribution < -0.4 is 10.5 Å². The Balaban J connectivity index is 1.82. The molecule has 0 spiro atoms. The molecule has 0 amide bonds. The van der Waals surface area contributed by atoms with E-state index in [1.807, 2.05) is 16.7 Å². The Hall–Kier alpha value is -3.00. The number of aliphatic imine (C=N–C) groups is 2. The number of rotatable bonds is 2. The zero-order valence-corrected chi connectivity index (χ0v) is 16.1. The predicted molar refractivity (Wildman–Crippen MR) is 107 cm³/mol. The second-order valence-corrected chi connectivity index (χ2v) is 7.48. The van der Waals surface area contributed by atoms with Crippen molar-refractivity contribution >= 4 is 34.3 Å². The third-order valence-electron chi connectivity index (χ3n) is 5.15. The molecule has 148 valence electrons. The maximum atomic E-state index is 13.1. The van der Waals surface area contributed by atoms with Gasteiger partial charge in [-0.05, 0) is 31.2 Å². The summed E-state index contributed by atoms with van der Waals surface area (Å²) >= 11 is 6.21. The first-order chi connectivity index (χ1) is 13.9. The molecule has 3 heterocycles. The lowest BCUT2D eigenvalue weighted by atomic mass is 9.97. The first-order valence-corrected chi connectivity index (χ1v) is 9.44. The average molecular weight is 416 g/mol. The molecule has 3 aromatic rings. The third kappa shape index (κ3) is 2.86. The monoisotopic (exact) mass is 415 g/mol. The minimum absolute atomic E-state index is 0.0949. The van der Waals surface area contributed by atoms with E-state index in [4.69, 9.17) is 32.0 Å². The Bertz CT molecular complexity index is 1200. The molecule has 29 heavy (non-hydrogen) atoms. The number of aromatic nitrogens is 2. The molecule has 2 aromatic carbocycles. The fourth-order valence-electron chi connectivity index (χ4n) is 4.18. The van der Waals surface area contributed by atoms with Crippen LogP contribution >= 0.6 is 11.6 Å². The van der Waals surface area contributed by atoms with Crippen molar-refractivity contribution in [3.05, 3.63) is 58.4 Å². The van der Waals surface area contributed by atoms with Gasteiger partial charge in [0.15, 0.2) is 5.84 Å². The van der Waals surface area contributed by atoms with E-state index in [-0.39, 0.29) is 17.8 Å². The van der Waals surface area contributed by atoms with Gasteiger partial charge in [-0.1, -0.05) is 23.7 Å². The Kier molecular flexibility index (Phi) is 4.06. The van der Waals surface area contributed by atoms with E-state index < -0.39 is 6.61 Å². The zero-order chi connectivity index (χ0) is 20.3. The SMILES string of the molecule is CC(N)=NC1=N[C@H]2C[C@@H](c3c(OC(F)F)cccc31)n1c2nc2ccc(Cl)cc21. The summed E-state index contributed by atoms with van der Waals surface area (Å²) < 4.78 is 33.2. The molecule has 0 unspecified atom stereocenters. The Labute approximate surface area is 169 Å². The van der Waals surface area contributed by atoms with Crippen LogP contribution in [0.25, 0.3) is 11.0 Å². The van der Waals surface area contributed by atoms with Crippen LogP contribution in [0.5, 0.6) is 5.75 Å². The molecule has 2 bridgehead atoms. The van der Waals surface area contributed by atoms with Crippen LogP contribution in [0.3, 0.4) is 0 Å². The maximum absolute atomic E-state index is 13.1. The topological polar surface area (TPSA) is 77.8 Å². The largest absolute Gasteiger partial charge is 0.434 e. The molecular formula is C20H16ClF2N5O. The standard InChI is InChI=1S/C20H16ClF2N5O/c1-9(24)25-18-11-3-2-4-16(29-20(22)23)17(11)15-8-13(26-18)19-27-12-6-5-10(21)7-14(12)28(15)19/h2-7,13,15,20H,8H2,1H3,(H2,24,25,26)/t13-,15-/m0/s1. The highest BCUT2D eigenvalue weighted by Crippen LogP contribution is 2.49. The van der Waals surface area contributed by atoms with Gasteiger partial charge in [-0.15, -0.1) is 0 Å². The Morgan fingerprint density at radius 3 is 2.93 bits per heavy atom. The molecule has 0 aliphatic carbocycles. The van der Waals surface area contributed by atoms with Crippen molar-refractivity contribution < 1.29 is 13.5 Å². The number of fused-ring (bicyclic) bond motifs is 9. The lowest BCUT2D eigenvalue weighted by Crippen LogP contribution is -2.17. The molecule has 0 fully saturated rings. The molecule has 0 radical (unpaired) electrons. The first kappa shape index (κ1) is 18.1. The number of ether oxygens (including phenoxy) is 1. The summed E-state index contributed by atoms with van der Waals surface area (Å²) in [5, 5.41) is 0.573. The molecule has 0 saturated heterocycles. The quantitative estimate of drug-likeness (QED) is 0.495. The number of benzene rings is 2. The van der Waals surface area contributed by atoms with E-state index in [2.05, 4.69) is 4.99 Å². The molecular weight excluding hydrogens is 400 g/mol. The third-order valence-corrected chi connectivity index (χ3v) is 5.39. The molecule has 2 aliphatic rings. The fourth-order valence-corrected chi connectivity index (χ4v) is 4.35. The van der Waals surface area contributed by atoms with Gasteiger partial charge in [-0.3, -0.25) is 4.99 Å². The highest BCUT2D eigenvalue weighted by atomic mass is 35.5. The van der Waals surface area contributed by atoms with Crippen molar-refractivity contribution in [1.82, 2.24) is 9.55 Å². The Morgan fingerprint density at radius 2 is 2.17 bits per heavy atom. The van der Waals surface area contributed by atoms with E-state index in [0.29, 0.717) is 34.2 Å². The summed E-state index contributed by atoms with van der Waals surface area (Å²) in [5.41, 5.74) is 8.62. The molecule has 2 N–H and O–H groups in total. The van der Waals surface area contributed by atoms with Gasteiger partial charge in [0.1, 0.15) is 17.6 Å². The van der Waals surface area contributed by atoms with E-state index in [1.165, 1.54) is 6.07 Å². The van der Waals surface area contributed by atoms with Crippen molar-refractivity contribution in [1.29, 1.82) is 0 Å². The smallest absolute Gasteiger partial charge is 0.387 e. The van der Waals surface area contributed by atoms with E-state index in [9.17, 15) is 8.78 Å². The molecule has 1 aromatic heterocycles. The van der Waals surface area contributed by atoms with Gasteiger partial charge in [-0.2, -0.15) is 8.78 Å². The molecule has 2 aliphatic heterocycles. The lowest BCUT2D eigenvalue weighted by Gasteiger charge is -2.21. The minimum Gasteiger partial charge on any atom is -0.434 e. The van der Waals surface area contributed by atoms with Gasteiger partial charge in [0.25, 0.3) is 0 Å². The molecule has 2 atom stereocenters. The van der Waals surface area contributed by atoms with Gasteiger partial charge in [0, 0.05) is 22.6 Å². The number of imidazole rings is 1. The summed E-state index contributed by atoms with van der Waals surface area (Å²) in [6.07, 6.45) is 0.560. The number of nitrogens with two attached hydrogens (primary N) is 1. The van der Waals surface area contributed by atoms with Crippen molar-refractivity contribution in [3.63, 3.8) is 0 Å². The highest BCUT2D eigenvalue weighted by Gasteiger charge is 2.41. The van der Waals surface area contributed by atoms with E-state index >= 15 is 0 Å². The normalized spacial score (nSPS) is 20.4. The van der Waals surface area contributed by atoms with E-state index in [1.54, 1.807) is 25.1 Å². The van der Waals surface area contributed by atoms with Crippen molar-refractivity contribution in [2.45, 2.75) is 32.0 Å². The molecule has 0 saturated carbocycles. The predicted octanol–water partition coefficient (Wildman–Crippen LogP) is 4.46. The van der Waals surface area contributed by atoms with Crippen molar-refractivity contribution in [3.8, 4) is 5.75 Å². The van der Waals surface area contributed by atoms with Crippen LogP contribution in [0.4, 0.5) is 8.78 Å². The molecule has 5 rings (SSSR count). The number of alkyl halides is 2. The highest BCUT2D eigenvalue weighted by molar-refractivity contribution is 6.31. The number of nitrogens with zero attached hydrogens (tertiary/aromatic N) is 4. The van der Waals surface area contributed by atoms with Crippen LogP contribution in [0.2, 0.25) is 5.02 Å². The van der Waals surface area contributed by atoms with Gasteiger partial charge in [0.2, 0.25) is 0 Å². The van der Waals surface area contributed by atoms with Crippen LogP contribution in [0.1, 0.15) is 42.4 Å². The fraction of sp³-hybridized carbons (Fsp3) is 0.250.